The molecule has 2 aromatic carbocycles. The van der Waals surface area contributed by atoms with E-state index in [4.69, 9.17) is 9.52 Å². The van der Waals surface area contributed by atoms with Gasteiger partial charge in [-0.2, -0.15) is 0 Å². The number of imide groups is 1. The van der Waals surface area contributed by atoms with Crippen molar-refractivity contribution >= 4 is 28.5 Å². The first-order valence-corrected chi connectivity index (χ1v) is 10.7. The van der Waals surface area contributed by atoms with E-state index in [0.717, 1.165) is 28.7 Å². The maximum absolute atomic E-state index is 12.7. The average molecular weight is 430 g/mol. The summed E-state index contributed by atoms with van der Waals surface area (Å²) < 4.78 is 5.59. The molecule has 0 spiro atoms. The van der Waals surface area contributed by atoms with Crippen LogP contribution in [0.15, 0.2) is 63.4 Å². The Morgan fingerprint density at radius 1 is 0.969 bits per heavy atom. The molecule has 162 valence electrons. The van der Waals surface area contributed by atoms with Crippen molar-refractivity contribution in [3.05, 3.63) is 75.8 Å². The summed E-state index contributed by atoms with van der Waals surface area (Å²) in [6.45, 7) is -0.357. The van der Waals surface area contributed by atoms with E-state index in [-0.39, 0.29) is 18.8 Å². The lowest BCUT2D eigenvalue weighted by molar-refractivity contribution is -0.137. The summed E-state index contributed by atoms with van der Waals surface area (Å²) in [6, 6.07) is 13.2. The quantitative estimate of drug-likeness (QED) is 0.477. The van der Waals surface area contributed by atoms with E-state index >= 15 is 0 Å². The van der Waals surface area contributed by atoms with Crippen LogP contribution in [0.3, 0.4) is 0 Å². The van der Waals surface area contributed by atoms with Crippen LogP contribution in [-0.4, -0.2) is 35.0 Å². The van der Waals surface area contributed by atoms with E-state index in [1.807, 2.05) is 12.1 Å². The molecule has 2 N–H and O–H groups in total. The lowest BCUT2D eigenvalue weighted by Crippen LogP contribution is -2.34. The molecule has 2 heterocycles. The van der Waals surface area contributed by atoms with Crippen LogP contribution in [0, 0.1) is 0 Å². The predicted octanol–water partition coefficient (Wildman–Crippen LogP) is 3.00. The van der Waals surface area contributed by atoms with E-state index in [1.165, 1.54) is 30.0 Å². The van der Waals surface area contributed by atoms with Crippen molar-refractivity contribution in [3.8, 4) is 11.1 Å². The van der Waals surface area contributed by atoms with Gasteiger partial charge in [-0.05, 0) is 60.6 Å². The summed E-state index contributed by atoms with van der Waals surface area (Å²) in [5, 5.41) is 12.7. The molecule has 0 unspecified atom stereocenters. The fourth-order valence-corrected chi connectivity index (χ4v) is 4.36. The lowest BCUT2D eigenvalue weighted by Gasteiger charge is -2.16. The number of fused-ring (bicyclic) bond motifs is 2. The molecular weight excluding hydrogens is 408 g/mol. The summed E-state index contributed by atoms with van der Waals surface area (Å²) in [7, 11) is 0. The molecule has 0 saturated heterocycles. The molecule has 2 amide bonds. The second-order valence-electron chi connectivity index (χ2n) is 8.09. The first-order valence-electron chi connectivity index (χ1n) is 10.7. The molecule has 2 aliphatic rings. The van der Waals surface area contributed by atoms with E-state index in [9.17, 15) is 14.4 Å². The molecule has 1 aliphatic carbocycles. The lowest BCUT2D eigenvalue weighted by atomic mass is 9.89. The first-order chi connectivity index (χ1) is 15.5. The average Bonchev–Trinajstić information content (AvgIpc) is 3.06. The molecule has 1 aliphatic heterocycles. The van der Waals surface area contributed by atoms with Crippen LogP contribution in [0.25, 0.3) is 22.1 Å². The highest BCUT2D eigenvalue weighted by molar-refractivity contribution is 6.17. The zero-order chi connectivity index (χ0) is 22.2. The van der Waals surface area contributed by atoms with Crippen molar-refractivity contribution < 1.29 is 19.1 Å². The molecule has 0 radical (unpaired) electrons. The van der Waals surface area contributed by atoms with Gasteiger partial charge in [-0.1, -0.05) is 18.2 Å². The van der Waals surface area contributed by atoms with Crippen molar-refractivity contribution in [1.82, 2.24) is 4.90 Å². The highest BCUT2D eigenvalue weighted by atomic mass is 16.4. The Labute approximate surface area is 184 Å². The van der Waals surface area contributed by atoms with Crippen molar-refractivity contribution in [2.75, 3.05) is 18.5 Å². The van der Waals surface area contributed by atoms with Gasteiger partial charge in [0.1, 0.15) is 11.3 Å². The summed E-state index contributed by atoms with van der Waals surface area (Å²) in [4.78, 5) is 37.9. The number of aryl methyl sites for hydroxylation is 2. The molecule has 3 aromatic rings. The first kappa shape index (κ1) is 20.2. The minimum atomic E-state index is -0.506. The molecule has 7 nitrogen and oxygen atoms in total. The maximum Gasteiger partial charge on any atom is 0.344 e. The number of hydrogen-bond donors (Lipinski definition) is 2. The van der Waals surface area contributed by atoms with Gasteiger partial charge in [0.15, 0.2) is 0 Å². The Balaban J connectivity index is 1.44. The van der Waals surface area contributed by atoms with Crippen molar-refractivity contribution in [3.63, 3.8) is 0 Å². The number of aliphatic hydroxyl groups is 1. The van der Waals surface area contributed by atoms with Crippen molar-refractivity contribution in [2.24, 2.45) is 0 Å². The van der Waals surface area contributed by atoms with Crippen LogP contribution >= 0.6 is 0 Å². The fourth-order valence-electron chi connectivity index (χ4n) is 4.36. The van der Waals surface area contributed by atoms with Crippen molar-refractivity contribution in [1.29, 1.82) is 0 Å². The van der Waals surface area contributed by atoms with E-state index in [0.29, 0.717) is 16.8 Å². The van der Waals surface area contributed by atoms with E-state index in [2.05, 4.69) is 17.4 Å². The van der Waals surface area contributed by atoms with Gasteiger partial charge in [0.05, 0.1) is 18.7 Å². The summed E-state index contributed by atoms with van der Waals surface area (Å²) in [5.74, 6) is -0.984. The Bertz CT molecular complexity index is 1340. The number of anilines is 1. The number of carbonyl (C=O) groups excluding carboxylic acids is 2. The van der Waals surface area contributed by atoms with Crippen LogP contribution in [0.1, 0.15) is 24.0 Å². The van der Waals surface area contributed by atoms with E-state index < -0.39 is 17.4 Å². The summed E-state index contributed by atoms with van der Waals surface area (Å²) in [6.07, 6.45) is 5.68. The second kappa shape index (κ2) is 8.09. The van der Waals surface area contributed by atoms with Gasteiger partial charge >= 0.3 is 5.63 Å². The van der Waals surface area contributed by atoms with Gasteiger partial charge in [0.25, 0.3) is 11.8 Å². The maximum atomic E-state index is 12.7. The third-order valence-electron chi connectivity index (χ3n) is 6.01. The zero-order valence-electron chi connectivity index (χ0n) is 17.4. The van der Waals surface area contributed by atoms with Crippen LogP contribution < -0.4 is 10.9 Å². The minimum Gasteiger partial charge on any atom is -0.422 e. The number of rotatable bonds is 5. The normalized spacial score (nSPS) is 15.8. The van der Waals surface area contributed by atoms with Crippen LogP contribution in [0.4, 0.5) is 5.69 Å². The Morgan fingerprint density at radius 3 is 2.59 bits per heavy atom. The molecule has 5 rings (SSSR count). The second-order valence-corrected chi connectivity index (χ2v) is 8.09. The summed E-state index contributed by atoms with van der Waals surface area (Å²) in [5.41, 5.74) is 4.60. The monoisotopic (exact) mass is 430 g/mol. The van der Waals surface area contributed by atoms with Gasteiger partial charge in [-0.3, -0.25) is 14.5 Å². The fraction of sp³-hybridized carbons (Fsp3) is 0.240. The van der Waals surface area contributed by atoms with Gasteiger partial charge < -0.3 is 14.8 Å². The number of nitrogens with one attached hydrogen (secondary N) is 1. The molecule has 0 bridgehead atoms. The van der Waals surface area contributed by atoms with Crippen LogP contribution in [0.5, 0.6) is 0 Å². The number of amides is 2. The van der Waals surface area contributed by atoms with Gasteiger partial charge in [0, 0.05) is 23.2 Å². The Hall–Kier alpha value is -3.71. The van der Waals surface area contributed by atoms with Gasteiger partial charge in [-0.15, -0.1) is 0 Å². The molecule has 0 atom stereocenters. The number of benzene rings is 2. The number of aliphatic hydroxyl groups excluding tert-OH is 1. The van der Waals surface area contributed by atoms with Crippen molar-refractivity contribution in [2.45, 2.75) is 25.7 Å². The molecule has 32 heavy (non-hydrogen) atoms. The topological polar surface area (TPSA) is 99.8 Å². The molecule has 0 fully saturated rings. The van der Waals surface area contributed by atoms with Gasteiger partial charge in [0.2, 0.25) is 0 Å². The zero-order valence-corrected chi connectivity index (χ0v) is 17.4. The molecule has 1 aromatic heterocycles. The number of carbonyl (C=O) groups is 2. The summed E-state index contributed by atoms with van der Waals surface area (Å²) >= 11 is 0. The third-order valence-corrected chi connectivity index (χ3v) is 6.01. The van der Waals surface area contributed by atoms with E-state index in [1.54, 1.807) is 18.2 Å². The SMILES string of the molecule is O=C1C=C(Nc2ccc3cc(-c4ccc5c(c4)CCCC5)c(=O)oc3c2)C(=O)N1CCO. The smallest absolute Gasteiger partial charge is 0.344 e. The molecule has 0 saturated carbocycles. The Morgan fingerprint density at radius 2 is 1.78 bits per heavy atom. The standard InChI is InChI=1S/C25H22N2O5/c28-10-9-27-23(29)14-21(24(27)30)26-19-8-7-18-12-20(25(31)32-22(18)13-19)17-6-5-15-3-1-2-4-16(15)11-17/h5-8,11-14,26,28H,1-4,9-10H2. The number of hydrogen-bond acceptors (Lipinski definition) is 6. The van der Waals surface area contributed by atoms with Crippen LogP contribution in [0.2, 0.25) is 0 Å². The van der Waals surface area contributed by atoms with Gasteiger partial charge in [-0.25, -0.2) is 4.79 Å². The largest absolute Gasteiger partial charge is 0.422 e. The molecular formula is C25H22N2O5. The highest BCUT2D eigenvalue weighted by Gasteiger charge is 2.30. The predicted molar refractivity (Wildman–Crippen MR) is 120 cm³/mol. The van der Waals surface area contributed by atoms with Crippen LogP contribution in [-0.2, 0) is 22.4 Å². The number of nitrogens with zero attached hydrogens (tertiary/aromatic N) is 1. The Kier molecular flexibility index (Phi) is 5.11. The number of β-amino-alcohol motifs (C(OH)–C–C–N with tert-alkyl or cyclic N) is 1. The third kappa shape index (κ3) is 3.61. The highest BCUT2D eigenvalue weighted by Crippen LogP contribution is 2.29. The molecule has 7 heteroatoms. The minimum absolute atomic E-state index is 0.0581.